The highest BCUT2D eigenvalue weighted by Crippen LogP contribution is 2.10. The van der Waals surface area contributed by atoms with Gasteiger partial charge in [-0.15, -0.1) is 0 Å². The van der Waals surface area contributed by atoms with Gasteiger partial charge in [-0.05, 0) is 29.8 Å². The molecule has 0 spiro atoms. The first kappa shape index (κ1) is 12.0. The van der Waals surface area contributed by atoms with Gasteiger partial charge in [0.05, 0.1) is 7.11 Å². The number of ether oxygens (including phenoxy) is 1. The summed E-state index contributed by atoms with van der Waals surface area (Å²) in [5.74, 6) is 0.531. The molecule has 0 radical (unpaired) electrons. The zero-order valence-electron chi connectivity index (χ0n) is 10.0. The van der Waals surface area contributed by atoms with Crippen LogP contribution in [-0.2, 0) is 0 Å². The molecule has 0 fully saturated rings. The third-order valence-electron chi connectivity index (χ3n) is 2.47. The van der Waals surface area contributed by atoms with Crippen molar-refractivity contribution in [2.75, 3.05) is 7.11 Å². The lowest BCUT2D eigenvalue weighted by Gasteiger charge is -2.05. The fourth-order valence-electron chi connectivity index (χ4n) is 1.48. The van der Waals surface area contributed by atoms with Crippen LogP contribution in [0.1, 0.15) is 10.4 Å². The molecular formula is C14H14N2O2. The van der Waals surface area contributed by atoms with Gasteiger partial charge in [-0.3, -0.25) is 10.2 Å². The van der Waals surface area contributed by atoms with Crippen LogP contribution in [0, 0.1) is 0 Å². The average Bonchev–Trinajstić information content (AvgIpc) is 2.92. The molecule has 0 aliphatic heterocycles. The van der Waals surface area contributed by atoms with Gasteiger partial charge in [0, 0.05) is 11.8 Å². The monoisotopic (exact) mass is 242 g/mol. The van der Waals surface area contributed by atoms with E-state index in [1.54, 1.807) is 37.6 Å². The Morgan fingerprint density at radius 2 is 1.83 bits per heavy atom. The highest BCUT2D eigenvalue weighted by atomic mass is 16.5. The maximum atomic E-state index is 11.7. The number of nitrogens with one attached hydrogen (secondary N) is 2. The number of carbonyl (C=O) groups excluding carboxylic acids is 1. The zero-order valence-corrected chi connectivity index (χ0v) is 10.0. The van der Waals surface area contributed by atoms with Crippen molar-refractivity contribution < 1.29 is 9.53 Å². The first-order valence-electron chi connectivity index (χ1n) is 5.54. The van der Waals surface area contributed by atoms with Gasteiger partial charge in [0.2, 0.25) is 0 Å². The van der Waals surface area contributed by atoms with Crippen molar-refractivity contribution >= 4 is 5.91 Å². The highest BCUT2D eigenvalue weighted by Gasteiger charge is 2.03. The molecule has 18 heavy (non-hydrogen) atoms. The van der Waals surface area contributed by atoms with E-state index in [-0.39, 0.29) is 5.91 Å². The molecule has 92 valence electrons. The van der Waals surface area contributed by atoms with E-state index in [1.165, 1.54) is 0 Å². The molecule has 0 saturated carbocycles. The minimum absolute atomic E-state index is 0.194. The second-order valence-corrected chi connectivity index (χ2v) is 3.69. The summed E-state index contributed by atoms with van der Waals surface area (Å²) in [5, 5.41) is 0. The molecule has 1 aromatic carbocycles. The highest BCUT2D eigenvalue weighted by molar-refractivity contribution is 5.93. The standard InChI is InChI=1S/C14H14N2O2/c1-18-13-8-6-12(7-9-13)14(17)16-15-10-11-4-2-3-5-11/h2-10,15H,1H3,(H,16,17). The SMILES string of the molecule is COc1ccc(C(=O)NNC=C2C=CC=C2)cc1. The van der Waals surface area contributed by atoms with Crippen molar-refractivity contribution in [1.29, 1.82) is 0 Å². The molecule has 1 aliphatic carbocycles. The summed E-state index contributed by atoms with van der Waals surface area (Å²) < 4.78 is 5.03. The predicted molar refractivity (Wildman–Crippen MR) is 70.0 cm³/mol. The van der Waals surface area contributed by atoms with Crippen molar-refractivity contribution in [2.24, 2.45) is 0 Å². The summed E-state index contributed by atoms with van der Waals surface area (Å²) in [6.07, 6.45) is 9.46. The number of allylic oxidation sites excluding steroid dienone is 5. The lowest BCUT2D eigenvalue weighted by atomic mass is 10.2. The van der Waals surface area contributed by atoms with Gasteiger partial charge in [0.1, 0.15) is 5.75 Å². The van der Waals surface area contributed by atoms with E-state index >= 15 is 0 Å². The maximum Gasteiger partial charge on any atom is 0.269 e. The summed E-state index contributed by atoms with van der Waals surface area (Å²) in [4.78, 5) is 11.7. The zero-order chi connectivity index (χ0) is 12.8. The lowest BCUT2D eigenvalue weighted by molar-refractivity contribution is 0.0941. The lowest BCUT2D eigenvalue weighted by Crippen LogP contribution is -2.33. The fraction of sp³-hybridized carbons (Fsp3) is 0.0714. The van der Waals surface area contributed by atoms with Gasteiger partial charge in [-0.2, -0.15) is 0 Å². The molecule has 4 heteroatoms. The Morgan fingerprint density at radius 1 is 1.17 bits per heavy atom. The number of benzene rings is 1. The molecule has 2 rings (SSSR count). The molecule has 0 unspecified atom stereocenters. The van der Waals surface area contributed by atoms with Crippen LogP contribution in [0.2, 0.25) is 0 Å². The Labute approximate surface area is 106 Å². The number of hydrogen-bond acceptors (Lipinski definition) is 3. The van der Waals surface area contributed by atoms with Crippen LogP contribution in [0.25, 0.3) is 0 Å². The van der Waals surface area contributed by atoms with Crippen LogP contribution in [-0.4, -0.2) is 13.0 Å². The third kappa shape index (κ3) is 3.01. The Hall–Kier alpha value is -2.49. The van der Waals surface area contributed by atoms with Crippen molar-refractivity contribution in [2.45, 2.75) is 0 Å². The summed E-state index contributed by atoms with van der Waals surface area (Å²) in [7, 11) is 1.59. The van der Waals surface area contributed by atoms with Crippen molar-refractivity contribution in [1.82, 2.24) is 10.9 Å². The molecule has 2 N–H and O–H groups in total. The smallest absolute Gasteiger partial charge is 0.269 e. The summed E-state index contributed by atoms with van der Waals surface area (Å²) in [6.45, 7) is 0. The molecule has 0 aromatic heterocycles. The van der Waals surface area contributed by atoms with Crippen molar-refractivity contribution in [3.05, 3.63) is 65.9 Å². The molecule has 1 amide bonds. The van der Waals surface area contributed by atoms with E-state index in [0.29, 0.717) is 5.56 Å². The second kappa shape index (κ2) is 5.72. The number of rotatable bonds is 4. The predicted octanol–water partition coefficient (Wildman–Crippen LogP) is 1.94. The Bertz CT molecular complexity index is 499. The topological polar surface area (TPSA) is 50.4 Å². The molecule has 0 atom stereocenters. The minimum Gasteiger partial charge on any atom is -0.497 e. The second-order valence-electron chi connectivity index (χ2n) is 3.69. The maximum absolute atomic E-state index is 11.7. The van der Waals surface area contributed by atoms with E-state index in [2.05, 4.69) is 10.9 Å². The van der Waals surface area contributed by atoms with Crippen LogP contribution in [0.4, 0.5) is 0 Å². The van der Waals surface area contributed by atoms with Gasteiger partial charge >= 0.3 is 0 Å². The fourth-order valence-corrected chi connectivity index (χ4v) is 1.48. The van der Waals surface area contributed by atoms with Gasteiger partial charge in [-0.25, -0.2) is 0 Å². The first-order chi connectivity index (χ1) is 8.79. The summed E-state index contributed by atoms with van der Waals surface area (Å²) in [5.41, 5.74) is 6.92. The minimum atomic E-state index is -0.194. The van der Waals surface area contributed by atoms with Crippen LogP contribution < -0.4 is 15.6 Å². The van der Waals surface area contributed by atoms with Crippen molar-refractivity contribution in [3.63, 3.8) is 0 Å². The normalized spacial score (nSPS) is 12.4. The molecule has 0 bridgehead atoms. The number of carbonyl (C=O) groups is 1. The Kier molecular flexibility index (Phi) is 3.81. The quantitative estimate of drug-likeness (QED) is 0.793. The van der Waals surface area contributed by atoms with Crippen LogP contribution in [0.5, 0.6) is 5.75 Å². The molecule has 0 heterocycles. The van der Waals surface area contributed by atoms with Gasteiger partial charge < -0.3 is 10.2 Å². The third-order valence-corrected chi connectivity index (χ3v) is 2.47. The molecule has 0 saturated heterocycles. The average molecular weight is 242 g/mol. The van der Waals surface area contributed by atoms with E-state index in [1.807, 2.05) is 24.3 Å². The van der Waals surface area contributed by atoms with Crippen LogP contribution >= 0.6 is 0 Å². The first-order valence-corrected chi connectivity index (χ1v) is 5.54. The summed E-state index contributed by atoms with van der Waals surface area (Å²) in [6, 6.07) is 6.91. The van der Waals surface area contributed by atoms with Crippen LogP contribution in [0.3, 0.4) is 0 Å². The number of amides is 1. The largest absolute Gasteiger partial charge is 0.497 e. The molecular weight excluding hydrogens is 228 g/mol. The van der Waals surface area contributed by atoms with Gasteiger partial charge in [0.25, 0.3) is 5.91 Å². The molecule has 4 nitrogen and oxygen atoms in total. The van der Waals surface area contributed by atoms with E-state index in [4.69, 9.17) is 4.74 Å². The number of hydrogen-bond donors (Lipinski definition) is 2. The van der Waals surface area contributed by atoms with Crippen LogP contribution in [0.15, 0.2) is 60.3 Å². The van der Waals surface area contributed by atoms with Gasteiger partial charge in [-0.1, -0.05) is 24.3 Å². The Morgan fingerprint density at radius 3 is 2.44 bits per heavy atom. The molecule has 1 aromatic rings. The summed E-state index contributed by atoms with van der Waals surface area (Å²) >= 11 is 0. The number of methoxy groups -OCH3 is 1. The molecule has 1 aliphatic rings. The van der Waals surface area contributed by atoms with Gasteiger partial charge in [0.15, 0.2) is 0 Å². The van der Waals surface area contributed by atoms with E-state index < -0.39 is 0 Å². The Balaban J connectivity index is 1.89. The van der Waals surface area contributed by atoms with E-state index in [0.717, 1.165) is 11.3 Å². The number of hydrazine groups is 1. The van der Waals surface area contributed by atoms with Crippen molar-refractivity contribution in [3.8, 4) is 5.75 Å². The van der Waals surface area contributed by atoms with E-state index in [9.17, 15) is 4.79 Å².